The molecule has 2 aromatic rings. The summed E-state index contributed by atoms with van der Waals surface area (Å²) in [5.74, 6) is 1.42. The maximum Gasteiger partial charge on any atom is 0.209 e. The summed E-state index contributed by atoms with van der Waals surface area (Å²) < 4.78 is 10.7. The average Bonchev–Trinajstić information content (AvgIpc) is 2.60. The lowest BCUT2D eigenvalue weighted by Gasteiger charge is -1.96. The van der Waals surface area contributed by atoms with E-state index >= 15 is 0 Å². The Balaban J connectivity index is 2.52. The Bertz CT molecular complexity index is 437. The fourth-order valence-electron chi connectivity index (χ4n) is 1.36. The van der Waals surface area contributed by atoms with E-state index in [2.05, 4.69) is 10.3 Å². The molecule has 0 bridgehead atoms. The van der Waals surface area contributed by atoms with Crippen LogP contribution in [0, 0.1) is 0 Å². The second-order valence-electron chi connectivity index (χ2n) is 2.94. The zero-order valence-corrected chi connectivity index (χ0v) is 8.20. The Morgan fingerprint density at radius 3 is 3.07 bits per heavy atom. The van der Waals surface area contributed by atoms with Gasteiger partial charge in [-0.25, -0.2) is 4.98 Å². The van der Waals surface area contributed by atoms with E-state index in [1.54, 1.807) is 7.11 Å². The van der Waals surface area contributed by atoms with Crippen molar-refractivity contribution in [2.24, 2.45) is 0 Å². The molecule has 1 aromatic heterocycles. The fraction of sp³-hybridized carbons (Fsp3) is 0.300. The van der Waals surface area contributed by atoms with E-state index in [1.807, 2.05) is 25.2 Å². The lowest BCUT2D eigenvalue weighted by Crippen LogP contribution is -2.04. The zero-order valence-electron chi connectivity index (χ0n) is 8.20. The largest absolute Gasteiger partial charge is 0.494 e. The normalized spacial score (nSPS) is 10.7. The van der Waals surface area contributed by atoms with Crippen LogP contribution in [0.2, 0.25) is 0 Å². The van der Waals surface area contributed by atoms with Crippen LogP contribution < -0.4 is 10.1 Å². The molecule has 0 radical (unpaired) electrons. The molecule has 74 valence electrons. The van der Waals surface area contributed by atoms with Crippen LogP contribution in [-0.2, 0) is 6.54 Å². The Morgan fingerprint density at radius 1 is 1.50 bits per heavy atom. The number of nitrogens with one attached hydrogen (secondary N) is 1. The van der Waals surface area contributed by atoms with E-state index in [0.717, 1.165) is 16.8 Å². The van der Waals surface area contributed by atoms with E-state index in [0.29, 0.717) is 12.4 Å². The third-order valence-electron chi connectivity index (χ3n) is 1.97. The molecule has 0 saturated heterocycles. The van der Waals surface area contributed by atoms with Crippen LogP contribution in [0.3, 0.4) is 0 Å². The van der Waals surface area contributed by atoms with E-state index in [-0.39, 0.29) is 0 Å². The minimum atomic E-state index is 0.623. The monoisotopic (exact) mass is 192 g/mol. The van der Waals surface area contributed by atoms with Crippen LogP contribution >= 0.6 is 0 Å². The number of fused-ring (bicyclic) bond motifs is 1. The van der Waals surface area contributed by atoms with Crippen molar-refractivity contribution in [2.75, 3.05) is 14.2 Å². The minimum Gasteiger partial charge on any atom is -0.494 e. The molecule has 1 N–H and O–H groups in total. The molecule has 0 amide bonds. The van der Waals surface area contributed by atoms with Gasteiger partial charge < -0.3 is 14.5 Å². The molecule has 0 fully saturated rings. The number of nitrogens with zero attached hydrogens (tertiary/aromatic N) is 1. The van der Waals surface area contributed by atoms with Crippen molar-refractivity contribution >= 4 is 11.1 Å². The average molecular weight is 192 g/mol. The number of benzene rings is 1. The van der Waals surface area contributed by atoms with Gasteiger partial charge in [-0.15, -0.1) is 0 Å². The second-order valence-corrected chi connectivity index (χ2v) is 2.94. The predicted molar refractivity (Wildman–Crippen MR) is 53.3 cm³/mol. The van der Waals surface area contributed by atoms with Crippen molar-refractivity contribution < 1.29 is 9.15 Å². The molecule has 0 spiro atoms. The number of hydrogen-bond donors (Lipinski definition) is 1. The molecule has 1 heterocycles. The molecule has 14 heavy (non-hydrogen) atoms. The summed E-state index contributed by atoms with van der Waals surface area (Å²) in [5, 5.41) is 2.99. The molecule has 0 aliphatic rings. The smallest absolute Gasteiger partial charge is 0.209 e. The van der Waals surface area contributed by atoms with Crippen molar-refractivity contribution in [1.29, 1.82) is 0 Å². The molecular formula is C10H12N2O2. The van der Waals surface area contributed by atoms with Crippen molar-refractivity contribution in [3.63, 3.8) is 0 Å². The lowest BCUT2D eigenvalue weighted by molar-refractivity contribution is 0.419. The Hall–Kier alpha value is -1.55. The highest BCUT2D eigenvalue weighted by molar-refractivity contribution is 5.79. The Morgan fingerprint density at radius 2 is 2.36 bits per heavy atom. The summed E-state index contributed by atoms with van der Waals surface area (Å²) in [7, 11) is 3.48. The maximum absolute atomic E-state index is 5.50. The Kier molecular flexibility index (Phi) is 2.37. The first-order chi connectivity index (χ1) is 6.85. The van der Waals surface area contributed by atoms with Crippen molar-refractivity contribution in [3.8, 4) is 5.75 Å². The first-order valence-electron chi connectivity index (χ1n) is 4.42. The molecule has 1 aromatic carbocycles. The van der Waals surface area contributed by atoms with Crippen molar-refractivity contribution in [3.05, 3.63) is 24.1 Å². The molecule has 0 atom stereocenters. The van der Waals surface area contributed by atoms with Crippen LogP contribution in [0.4, 0.5) is 0 Å². The SMILES string of the molecule is CNCc1nc2c(OC)cccc2o1. The number of hydrogen-bond acceptors (Lipinski definition) is 4. The van der Waals surface area contributed by atoms with Gasteiger partial charge in [0.1, 0.15) is 5.75 Å². The molecule has 0 unspecified atom stereocenters. The quantitative estimate of drug-likeness (QED) is 0.801. The highest BCUT2D eigenvalue weighted by Crippen LogP contribution is 2.25. The van der Waals surface area contributed by atoms with Gasteiger partial charge in [0.15, 0.2) is 11.1 Å². The maximum atomic E-state index is 5.50. The van der Waals surface area contributed by atoms with Gasteiger partial charge in [-0.2, -0.15) is 0 Å². The fourth-order valence-corrected chi connectivity index (χ4v) is 1.36. The standard InChI is InChI=1S/C10H12N2O2/c1-11-6-9-12-10-7(13-2)4-3-5-8(10)14-9/h3-5,11H,6H2,1-2H3. The number of oxazole rings is 1. The summed E-state index contributed by atoms with van der Waals surface area (Å²) in [4.78, 5) is 4.32. The van der Waals surface area contributed by atoms with Crippen LogP contribution in [0.15, 0.2) is 22.6 Å². The van der Waals surface area contributed by atoms with E-state index in [1.165, 1.54) is 0 Å². The van der Waals surface area contributed by atoms with E-state index < -0.39 is 0 Å². The lowest BCUT2D eigenvalue weighted by atomic mass is 10.3. The molecule has 2 rings (SSSR count). The number of aromatic nitrogens is 1. The number of ether oxygens (including phenoxy) is 1. The van der Waals surface area contributed by atoms with Gasteiger partial charge in [-0.3, -0.25) is 0 Å². The molecule has 0 saturated carbocycles. The Labute approximate surface area is 81.9 Å². The second kappa shape index (κ2) is 3.67. The molecule has 4 heteroatoms. The van der Waals surface area contributed by atoms with Crippen molar-refractivity contribution in [1.82, 2.24) is 10.3 Å². The van der Waals surface area contributed by atoms with Gasteiger partial charge in [0.25, 0.3) is 0 Å². The van der Waals surface area contributed by atoms with Gasteiger partial charge in [0.2, 0.25) is 5.89 Å². The van der Waals surface area contributed by atoms with Gasteiger partial charge in [0, 0.05) is 0 Å². The summed E-state index contributed by atoms with van der Waals surface area (Å²) in [6.07, 6.45) is 0. The molecule has 0 aliphatic carbocycles. The topological polar surface area (TPSA) is 47.3 Å². The first-order valence-corrected chi connectivity index (χ1v) is 4.42. The van der Waals surface area contributed by atoms with Crippen LogP contribution in [-0.4, -0.2) is 19.1 Å². The van der Waals surface area contributed by atoms with Gasteiger partial charge in [0.05, 0.1) is 13.7 Å². The van der Waals surface area contributed by atoms with Crippen molar-refractivity contribution in [2.45, 2.75) is 6.54 Å². The van der Waals surface area contributed by atoms with E-state index in [4.69, 9.17) is 9.15 Å². The third-order valence-corrected chi connectivity index (χ3v) is 1.97. The van der Waals surface area contributed by atoms with Gasteiger partial charge in [-0.05, 0) is 19.2 Å². The number of para-hydroxylation sites is 1. The third kappa shape index (κ3) is 1.44. The summed E-state index contributed by atoms with van der Waals surface area (Å²) in [6, 6.07) is 5.63. The highest BCUT2D eigenvalue weighted by atomic mass is 16.5. The van der Waals surface area contributed by atoms with Gasteiger partial charge in [-0.1, -0.05) is 6.07 Å². The number of methoxy groups -OCH3 is 1. The molecular weight excluding hydrogens is 180 g/mol. The van der Waals surface area contributed by atoms with E-state index in [9.17, 15) is 0 Å². The minimum absolute atomic E-state index is 0.623. The summed E-state index contributed by atoms with van der Waals surface area (Å²) in [5.41, 5.74) is 1.54. The first kappa shape index (κ1) is 9.02. The van der Waals surface area contributed by atoms with Crippen LogP contribution in [0.5, 0.6) is 5.75 Å². The summed E-state index contributed by atoms with van der Waals surface area (Å²) >= 11 is 0. The molecule has 4 nitrogen and oxygen atoms in total. The van der Waals surface area contributed by atoms with Crippen LogP contribution in [0.25, 0.3) is 11.1 Å². The molecule has 0 aliphatic heterocycles. The number of rotatable bonds is 3. The predicted octanol–water partition coefficient (Wildman–Crippen LogP) is 1.56. The summed E-state index contributed by atoms with van der Waals surface area (Å²) in [6.45, 7) is 0.623. The van der Waals surface area contributed by atoms with Crippen LogP contribution in [0.1, 0.15) is 5.89 Å². The van der Waals surface area contributed by atoms with Gasteiger partial charge >= 0.3 is 0 Å². The highest BCUT2D eigenvalue weighted by Gasteiger charge is 2.08. The zero-order chi connectivity index (χ0) is 9.97.